The van der Waals surface area contributed by atoms with E-state index in [-0.39, 0.29) is 0 Å². The van der Waals surface area contributed by atoms with E-state index in [9.17, 15) is 0 Å². The van der Waals surface area contributed by atoms with Gasteiger partial charge >= 0.3 is 0 Å². The van der Waals surface area contributed by atoms with E-state index in [4.69, 9.17) is 0 Å². The number of aromatic nitrogens is 1. The van der Waals surface area contributed by atoms with E-state index < -0.39 is 0 Å². The van der Waals surface area contributed by atoms with Gasteiger partial charge in [-0.05, 0) is 32.9 Å². The molecule has 1 fully saturated rings. The van der Waals surface area contributed by atoms with Crippen molar-refractivity contribution < 1.29 is 0 Å². The van der Waals surface area contributed by atoms with Gasteiger partial charge in [0.05, 0.1) is 10.7 Å². The maximum absolute atomic E-state index is 4.55. The van der Waals surface area contributed by atoms with Gasteiger partial charge < -0.3 is 10.2 Å². The first-order valence-corrected chi connectivity index (χ1v) is 8.02. The van der Waals surface area contributed by atoms with Gasteiger partial charge in [0.15, 0.2) is 0 Å². The van der Waals surface area contributed by atoms with Crippen LogP contribution in [0.15, 0.2) is 5.38 Å². The molecule has 0 bridgehead atoms. The molecule has 1 unspecified atom stereocenters. The van der Waals surface area contributed by atoms with Gasteiger partial charge in [-0.1, -0.05) is 13.3 Å². The number of rotatable bonds is 5. The van der Waals surface area contributed by atoms with Gasteiger partial charge in [0, 0.05) is 30.9 Å². The van der Waals surface area contributed by atoms with Crippen LogP contribution in [0.1, 0.15) is 36.9 Å². The molecule has 2 rings (SSSR count). The lowest BCUT2D eigenvalue weighted by Crippen LogP contribution is -2.38. The third-order valence-electron chi connectivity index (χ3n) is 3.55. The molecule has 4 heteroatoms. The quantitative estimate of drug-likeness (QED) is 0.888. The van der Waals surface area contributed by atoms with Gasteiger partial charge in [-0.25, -0.2) is 4.98 Å². The summed E-state index contributed by atoms with van der Waals surface area (Å²) in [6.07, 6.45) is 4.95. The van der Waals surface area contributed by atoms with E-state index in [2.05, 4.69) is 34.4 Å². The monoisotopic (exact) mass is 267 g/mol. The predicted molar refractivity (Wildman–Crippen MR) is 78.3 cm³/mol. The van der Waals surface area contributed by atoms with Crippen LogP contribution >= 0.6 is 11.3 Å². The molecule has 0 aromatic carbocycles. The topological polar surface area (TPSA) is 28.2 Å². The van der Waals surface area contributed by atoms with Gasteiger partial charge in [0.2, 0.25) is 0 Å². The number of aryl methyl sites for hydroxylation is 1. The number of nitrogens with one attached hydrogen (secondary N) is 1. The summed E-state index contributed by atoms with van der Waals surface area (Å²) >= 11 is 1.76. The van der Waals surface area contributed by atoms with Crippen molar-refractivity contribution >= 4 is 11.3 Å². The van der Waals surface area contributed by atoms with Crippen molar-refractivity contribution in [1.29, 1.82) is 0 Å². The Kier molecular flexibility index (Phi) is 5.60. The van der Waals surface area contributed by atoms with Crippen LogP contribution in [0.5, 0.6) is 0 Å². The summed E-state index contributed by atoms with van der Waals surface area (Å²) in [7, 11) is 0. The highest BCUT2D eigenvalue weighted by Crippen LogP contribution is 2.11. The first-order chi connectivity index (χ1) is 8.78. The second-order valence-electron chi connectivity index (χ2n) is 5.20. The minimum Gasteiger partial charge on any atom is -0.313 e. The van der Waals surface area contributed by atoms with E-state index in [0.29, 0.717) is 6.04 Å². The molecule has 1 N–H and O–H groups in total. The van der Waals surface area contributed by atoms with E-state index in [0.717, 1.165) is 13.0 Å². The molecule has 1 atom stereocenters. The normalized spacial score (nSPS) is 22.0. The zero-order valence-corrected chi connectivity index (χ0v) is 12.4. The number of hydrogen-bond donors (Lipinski definition) is 1. The molecule has 2 heterocycles. The molecule has 0 amide bonds. The fourth-order valence-corrected chi connectivity index (χ4v) is 3.26. The molecule has 3 nitrogen and oxygen atoms in total. The third kappa shape index (κ3) is 4.34. The van der Waals surface area contributed by atoms with Crippen LogP contribution in [0.3, 0.4) is 0 Å². The Morgan fingerprint density at radius 3 is 3.17 bits per heavy atom. The summed E-state index contributed by atoms with van der Waals surface area (Å²) in [6, 6.07) is 0.690. The Morgan fingerprint density at radius 1 is 1.56 bits per heavy atom. The number of hydrogen-bond acceptors (Lipinski definition) is 4. The van der Waals surface area contributed by atoms with Gasteiger partial charge in [0.25, 0.3) is 0 Å². The zero-order valence-electron chi connectivity index (χ0n) is 11.6. The molecule has 1 aromatic rings. The lowest BCUT2D eigenvalue weighted by atomic mass is 10.1. The molecular weight excluding hydrogens is 242 g/mol. The average Bonchev–Trinajstić information content (AvgIpc) is 2.63. The summed E-state index contributed by atoms with van der Waals surface area (Å²) in [4.78, 5) is 7.16. The fourth-order valence-electron chi connectivity index (χ4n) is 2.62. The Balaban J connectivity index is 1.80. The standard InChI is InChI=1S/C14H25N3S/c1-3-5-13-10-17(8-4-7-15-13)9-6-14-11-18-12(2)16-14/h11,13,15H,3-10H2,1-2H3. The summed E-state index contributed by atoms with van der Waals surface area (Å²) in [5, 5.41) is 7.05. The average molecular weight is 267 g/mol. The summed E-state index contributed by atoms with van der Waals surface area (Å²) in [6.45, 7) is 9.13. The molecular formula is C14H25N3S. The summed E-state index contributed by atoms with van der Waals surface area (Å²) in [5.74, 6) is 0. The van der Waals surface area contributed by atoms with Crippen LogP contribution in [0.25, 0.3) is 0 Å². The highest BCUT2D eigenvalue weighted by molar-refractivity contribution is 7.09. The van der Waals surface area contributed by atoms with Gasteiger partial charge in [-0.2, -0.15) is 0 Å². The molecule has 102 valence electrons. The molecule has 1 aliphatic heterocycles. The lowest BCUT2D eigenvalue weighted by molar-refractivity contribution is 0.265. The van der Waals surface area contributed by atoms with Crippen LogP contribution < -0.4 is 5.32 Å². The van der Waals surface area contributed by atoms with E-state index in [1.807, 2.05) is 0 Å². The van der Waals surface area contributed by atoms with Crippen LogP contribution in [0.4, 0.5) is 0 Å². The predicted octanol–water partition coefficient (Wildman–Crippen LogP) is 2.46. The number of thiazole rings is 1. The molecule has 0 spiro atoms. The van der Waals surface area contributed by atoms with Gasteiger partial charge in [-0.3, -0.25) is 0 Å². The van der Waals surface area contributed by atoms with Crippen LogP contribution in [0.2, 0.25) is 0 Å². The highest BCUT2D eigenvalue weighted by Gasteiger charge is 2.16. The maximum Gasteiger partial charge on any atom is 0.0897 e. The minimum atomic E-state index is 0.690. The van der Waals surface area contributed by atoms with Crippen LogP contribution in [-0.4, -0.2) is 42.1 Å². The van der Waals surface area contributed by atoms with Crippen molar-refractivity contribution in [3.63, 3.8) is 0 Å². The molecule has 0 radical (unpaired) electrons. The zero-order chi connectivity index (χ0) is 12.8. The Morgan fingerprint density at radius 2 is 2.44 bits per heavy atom. The van der Waals surface area contributed by atoms with E-state index in [1.54, 1.807) is 11.3 Å². The summed E-state index contributed by atoms with van der Waals surface area (Å²) < 4.78 is 0. The molecule has 1 saturated heterocycles. The van der Waals surface area contributed by atoms with Crippen LogP contribution in [0, 0.1) is 6.92 Å². The Labute approximate surface area is 115 Å². The summed E-state index contributed by atoms with van der Waals surface area (Å²) in [5.41, 5.74) is 1.27. The van der Waals surface area contributed by atoms with Crippen molar-refractivity contribution in [2.75, 3.05) is 26.2 Å². The van der Waals surface area contributed by atoms with Crippen molar-refractivity contribution in [2.24, 2.45) is 0 Å². The van der Waals surface area contributed by atoms with E-state index >= 15 is 0 Å². The first-order valence-electron chi connectivity index (χ1n) is 7.14. The Bertz CT molecular complexity index is 351. The van der Waals surface area contributed by atoms with Gasteiger partial charge in [0.1, 0.15) is 0 Å². The smallest absolute Gasteiger partial charge is 0.0897 e. The van der Waals surface area contributed by atoms with Crippen molar-refractivity contribution in [3.8, 4) is 0 Å². The van der Waals surface area contributed by atoms with Crippen molar-refractivity contribution in [2.45, 2.75) is 45.6 Å². The maximum atomic E-state index is 4.55. The SMILES string of the molecule is CCCC1CN(CCc2csc(C)n2)CCCN1. The minimum absolute atomic E-state index is 0.690. The number of nitrogens with zero attached hydrogens (tertiary/aromatic N) is 2. The lowest BCUT2D eigenvalue weighted by Gasteiger charge is -2.23. The fraction of sp³-hybridized carbons (Fsp3) is 0.786. The molecule has 0 aliphatic carbocycles. The van der Waals surface area contributed by atoms with Crippen molar-refractivity contribution in [3.05, 3.63) is 16.1 Å². The second kappa shape index (κ2) is 7.22. The van der Waals surface area contributed by atoms with E-state index in [1.165, 1.54) is 49.6 Å². The van der Waals surface area contributed by atoms with Gasteiger partial charge in [-0.15, -0.1) is 11.3 Å². The third-order valence-corrected chi connectivity index (χ3v) is 4.37. The molecule has 1 aromatic heterocycles. The van der Waals surface area contributed by atoms with Crippen molar-refractivity contribution in [1.82, 2.24) is 15.2 Å². The Hall–Kier alpha value is -0.450. The molecule has 0 saturated carbocycles. The molecule has 18 heavy (non-hydrogen) atoms. The second-order valence-corrected chi connectivity index (χ2v) is 6.26. The largest absolute Gasteiger partial charge is 0.313 e. The highest BCUT2D eigenvalue weighted by atomic mass is 32.1. The molecule has 1 aliphatic rings. The first kappa shape index (κ1) is 14.0. The van der Waals surface area contributed by atoms with Crippen LogP contribution in [-0.2, 0) is 6.42 Å².